The van der Waals surface area contributed by atoms with Gasteiger partial charge in [0.2, 0.25) is 11.8 Å². The van der Waals surface area contributed by atoms with Crippen LogP contribution in [0.1, 0.15) is 23.1 Å². The Morgan fingerprint density at radius 3 is 2.45 bits per heavy atom. The van der Waals surface area contributed by atoms with Gasteiger partial charge in [0.1, 0.15) is 0 Å². The van der Waals surface area contributed by atoms with E-state index in [1.165, 1.54) is 0 Å². The zero-order chi connectivity index (χ0) is 15.9. The van der Waals surface area contributed by atoms with Crippen molar-refractivity contribution < 1.29 is 9.59 Å². The number of para-hydroxylation sites is 1. The number of hydrogen-bond donors (Lipinski definition) is 2. The highest BCUT2D eigenvalue weighted by Gasteiger charge is 2.09. The van der Waals surface area contributed by atoms with Gasteiger partial charge < -0.3 is 10.6 Å². The van der Waals surface area contributed by atoms with E-state index in [1.807, 2.05) is 48.9 Å². The van der Waals surface area contributed by atoms with Gasteiger partial charge in [-0.2, -0.15) is 11.3 Å². The first-order chi connectivity index (χ1) is 10.6. The van der Waals surface area contributed by atoms with E-state index in [2.05, 4.69) is 10.6 Å². The van der Waals surface area contributed by atoms with Crippen LogP contribution in [0.25, 0.3) is 0 Å². The van der Waals surface area contributed by atoms with Crippen molar-refractivity contribution in [2.45, 2.75) is 26.7 Å². The minimum atomic E-state index is -0.207. The van der Waals surface area contributed by atoms with Gasteiger partial charge in [-0.1, -0.05) is 18.2 Å². The first-order valence-electron chi connectivity index (χ1n) is 7.20. The fraction of sp³-hybridized carbons (Fsp3) is 0.294. The van der Waals surface area contributed by atoms with Crippen molar-refractivity contribution in [1.82, 2.24) is 5.32 Å². The van der Waals surface area contributed by atoms with Gasteiger partial charge in [-0.05, 0) is 53.8 Å². The molecule has 1 aromatic carbocycles. The van der Waals surface area contributed by atoms with Crippen LogP contribution in [0, 0.1) is 13.8 Å². The SMILES string of the molecule is Cc1cccc(C)c1NC(=O)CNC(=O)CCc1ccsc1. The lowest BCUT2D eigenvalue weighted by molar-refractivity contribution is -0.124. The number of benzene rings is 1. The molecule has 2 rings (SSSR count). The van der Waals surface area contributed by atoms with Crippen LogP contribution in [0.3, 0.4) is 0 Å². The van der Waals surface area contributed by atoms with Crippen molar-refractivity contribution in [2.75, 3.05) is 11.9 Å². The number of thiophene rings is 1. The standard InChI is InChI=1S/C17H20N2O2S/c1-12-4-3-5-13(2)17(12)19-16(21)10-18-15(20)7-6-14-8-9-22-11-14/h3-5,8-9,11H,6-7,10H2,1-2H3,(H,18,20)(H,19,21). The smallest absolute Gasteiger partial charge is 0.243 e. The molecule has 0 aliphatic carbocycles. The summed E-state index contributed by atoms with van der Waals surface area (Å²) in [5.41, 5.74) is 3.99. The van der Waals surface area contributed by atoms with E-state index < -0.39 is 0 Å². The Morgan fingerprint density at radius 2 is 1.82 bits per heavy atom. The van der Waals surface area contributed by atoms with E-state index in [9.17, 15) is 9.59 Å². The molecule has 1 aromatic heterocycles. The van der Waals surface area contributed by atoms with Crippen LogP contribution < -0.4 is 10.6 Å². The highest BCUT2D eigenvalue weighted by Crippen LogP contribution is 2.18. The average Bonchev–Trinajstić information content (AvgIpc) is 3.00. The maximum Gasteiger partial charge on any atom is 0.243 e. The number of anilines is 1. The van der Waals surface area contributed by atoms with Crippen LogP contribution in [0.15, 0.2) is 35.0 Å². The molecule has 5 heteroatoms. The summed E-state index contributed by atoms with van der Waals surface area (Å²) in [6.45, 7) is 3.89. The van der Waals surface area contributed by atoms with Gasteiger partial charge in [0, 0.05) is 12.1 Å². The average molecular weight is 316 g/mol. The monoisotopic (exact) mass is 316 g/mol. The van der Waals surface area contributed by atoms with Crippen LogP contribution in [0.5, 0.6) is 0 Å². The van der Waals surface area contributed by atoms with Crippen LogP contribution in [-0.2, 0) is 16.0 Å². The summed E-state index contributed by atoms with van der Waals surface area (Å²) < 4.78 is 0. The van der Waals surface area contributed by atoms with Gasteiger partial charge in [-0.25, -0.2) is 0 Å². The molecule has 116 valence electrons. The number of nitrogens with one attached hydrogen (secondary N) is 2. The molecule has 2 amide bonds. The summed E-state index contributed by atoms with van der Waals surface area (Å²) in [6, 6.07) is 7.85. The second-order valence-corrected chi connectivity index (χ2v) is 6.00. The van der Waals surface area contributed by atoms with E-state index in [1.54, 1.807) is 11.3 Å². The minimum absolute atomic E-state index is 0.00373. The van der Waals surface area contributed by atoms with Crippen LogP contribution >= 0.6 is 11.3 Å². The van der Waals surface area contributed by atoms with Gasteiger partial charge in [0.25, 0.3) is 0 Å². The minimum Gasteiger partial charge on any atom is -0.347 e. The molecule has 4 nitrogen and oxygen atoms in total. The molecule has 0 saturated carbocycles. The Hall–Kier alpha value is -2.14. The van der Waals surface area contributed by atoms with Crippen molar-refractivity contribution in [3.8, 4) is 0 Å². The summed E-state index contributed by atoms with van der Waals surface area (Å²) >= 11 is 1.62. The van der Waals surface area contributed by atoms with Crippen LogP contribution in [-0.4, -0.2) is 18.4 Å². The second-order valence-electron chi connectivity index (χ2n) is 5.22. The molecular formula is C17H20N2O2S. The van der Waals surface area contributed by atoms with Crippen molar-refractivity contribution >= 4 is 28.8 Å². The molecule has 22 heavy (non-hydrogen) atoms. The Kier molecular flexibility index (Phi) is 5.72. The van der Waals surface area contributed by atoms with E-state index in [0.29, 0.717) is 12.8 Å². The molecule has 0 fully saturated rings. The third-order valence-electron chi connectivity index (χ3n) is 3.41. The van der Waals surface area contributed by atoms with E-state index in [-0.39, 0.29) is 18.4 Å². The topological polar surface area (TPSA) is 58.2 Å². The number of carbonyl (C=O) groups is 2. The zero-order valence-corrected chi connectivity index (χ0v) is 13.6. The maximum atomic E-state index is 11.9. The highest BCUT2D eigenvalue weighted by molar-refractivity contribution is 7.07. The number of hydrogen-bond acceptors (Lipinski definition) is 3. The molecule has 1 heterocycles. The normalized spacial score (nSPS) is 10.3. The highest BCUT2D eigenvalue weighted by atomic mass is 32.1. The van der Waals surface area contributed by atoms with Gasteiger partial charge in [-0.15, -0.1) is 0 Å². The van der Waals surface area contributed by atoms with Crippen LogP contribution in [0.2, 0.25) is 0 Å². The first kappa shape index (κ1) is 16.2. The van der Waals surface area contributed by atoms with E-state index in [4.69, 9.17) is 0 Å². The van der Waals surface area contributed by atoms with E-state index in [0.717, 1.165) is 22.4 Å². The lowest BCUT2D eigenvalue weighted by Crippen LogP contribution is -2.33. The number of rotatable bonds is 6. The van der Waals surface area contributed by atoms with Gasteiger partial charge in [0.05, 0.1) is 6.54 Å². The van der Waals surface area contributed by atoms with Crippen molar-refractivity contribution in [1.29, 1.82) is 0 Å². The summed E-state index contributed by atoms with van der Waals surface area (Å²) in [6.07, 6.45) is 1.10. The van der Waals surface area contributed by atoms with Crippen molar-refractivity contribution in [2.24, 2.45) is 0 Å². The predicted octanol–water partition coefficient (Wildman–Crippen LogP) is 3.05. The molecule has 0 saturated heterocycles. The molecule has 0 unspecified atom stereocenters. The lowest BCUT2D eigenvalue weighted by Gasteiger charge is -2.11. The van der Waals surface area contributed by atoms with Gasteiger partial charge in [0.15, 0.2) is 0 Å². The second kappa shape index (κ2) is 7.75. The Balaban J connectivity index is 1.76. The molecular weight excluding hydrogens is 296 g/mol. The fourth-order valence-electron chi connectivity index (χ4n) is 2.16. The summed E-state index contributed by atoms with van der Waals surface area (Å²) in [4.78, 5) is 23.7. The Bertz CT molecular complexity index is 630. The first-order valence-corrected chi connectivity index (χ1v) is 8.14. The van der Waals surface area contributed by atoms with Crippen molar-refractivity contribution in [3.05, 3.63) is 51.7 Å². The van der Waals surface area contributed by atoms with Gasteiger partial charge >= 0.3 is 0 Å². The Morgan fingerprint density at radius 1 is 1.09 bits per heavy atom. The fourth-order valence-corrected chi connectivity index (χ4v) is 2.86. The van der Waals surface area contributed by atoms with Crippen molar-refractivity contribution in [3.63, 3.8) is 0 Å². The van der Waals surface area contributed by atoms with Crippen LogP contribution in [0.4, 0.5) is 5.69 Å². The maximum absolute atomic E-state index is 11.9. The number of amides is 2. The summed E-state index contributed by atoms with van der Waals surface area (Å²) in [5.74, 6) is -0.316. The molecule has 2 N–H and O–H groups in total. The molecule has 0 bridgehead atoms. The molecule has 0 aliphatic heterocycles. The molecule has 2 aromatic rings. The third-order valence-corrected chi connectivity index (χ3v) is 4.14. The van der Waals surface area contributed by atoms with Gasteiger partial charge in [-0.3, -0.25) is 9.59 Å². The number of aryl methyl sites for hydroxylation is 3. The lowest BCUT2D eigenvalue weighted by atomic mass is 10.1. The molecule has 0 atom stereocenters. The Labute approximate surface area is 134 Å². The largest absolute Gasteiger partial charge is 0.347 e. The molecule has 0 aliphatic rings. The summed E-state index contributed by atoms with van der Waals surface area (Å²) in [7, 11) is 0. The third kappa shape index (κ3) is 4.70. The van der Waals surface area contributed by atoms with E-state index >= 15 is 0 Å². The molecule has 0 spiro atoms. The zero-order valence-electron chi connectivity index (χ0n) is 12.8. The molecule has 0 radical (unpaired) electrons. The predicted molar refractivity (Wildman–Crippen MR) is 90.2 cm³/mol. The number of carbonyl (C=O) groups excluding carboxylic acids is 2. The summed E-state index contributed by atoms with van der Waals surface area (Å²) in [5, 5.41) is 9.53. The quantitative estimate of drug-likeness (QED) is 0.860.